The van der Waals surface area contributed by atoms with E-state index in [-0.39, 0.29) is 11.9 Å². The first kappa shape index (κ1) is 12.6. The topological polar surface area (TPSA) is 75.6 Å². The molecule has 6 nitrogen and oxygen atoms in total. The van der Waals surface area contributed by atoms with Crippen LogP contribution in [0, 0.1) is 0 Å². The lowest BCUT2D eigenvalue weighted by Crippen LogP contribution is -2.19. The minimum absolute atomic E-state index is 0.0147. The van der Waals surface area contributed by atoms with Crippen LogP contribution in [0.1, 0.15) is 18.0 Å². The Hall–Kier alpha value is -2.41. The maximum absolute atomic E-state index is 12.1. The number of nitrogens with one attached hydrogen (secondary N) is 2. The lowest BCUT2D eigenvalue weighted by Gasteiger charge is -2.17. The first-order valence-electron chi connectivity index (χ1n) is 6.12. The molecule has 0 radical (unpaired) electrons. The second-order valence-corrected chi connectivity index (χ2v) is 5.07. The van der Waals surface area contributed by atoms with Crippen LogP contribution in [0.3, 0.4) is 0 Å². The van der Waals surface area contributed by atoms with E-state index in [4.69, 9.17) is 0 Å². The van der Waals surface area contributed by atoms with Gasteiger partial charge in [0.1, 0.15) is 6.33 Å². The van der Waals surface area contributed by atoms with Crippen molar-refractivity contribution in [2.24, 2.45) is 0 Å². The van der Waals surface area contributed by atoms with Crippen molar-refractivity contribution in [3.05, 3.63) is 53.2 Å². The normalized spacial score (nSPS) is 12.2. The van der Waals surface area contributed by atoms with Crippen LogP contribution in [0.25, 0.3) is 0 Å². The van der Waals surface area contributed by atoms with E-state index >= 15 is 0 Å². The Morgan fingerprint density at radius 2 is 2.30 bits per heavy atom. The molecule has 1 atom stereocenters. The van der Waals surface area contributed by atoms with Crippen molar-refractivity contribution < 1.29 is 4.79 Å². The first-order chi connectivity index (χ1) is 9.83. The zero-order chi connectivity index (χ0) is 13.8. The van der Waals surface area contributed by atoms with E-state index < -0.39 is 0 Å². The molecular formula is C13H13N5OS. The summed E-state index contributed by atoms with van der Waals surface area (Å²) >= 11 is 1.62. The number of H-pyrrole nitrogens is 1. The predicted molar refractivity (Wildman–Crippen MR) is 76.5 cm³/mol. The average molecular weight is 287 g/mol. The third-order valence-corrected chi connectivity index (χ3v) is 3.67. The van der Waals surface area contributed by atoms with E-state index in [1.54, 1.807) is 11.3 Å². The second-order valence-electron chi connectivity index (χ2n) is 4.29. The first-order valence-corrected chi connectivity index (χ1v) is 7.07. The zero-order valence-electron chi connectivity index (χ0n) is 10.6. The summed E-state index contributed by atoms with van der Waals surface area (Å²) in [7, 11) is 0. The molecule has 0 aliphatic heterocycles. The molecule has 102 valence electrons. The maximum Gasteiger partial charge on any atom is 0.229 e. The minimum Gasteiger partial charge on any atom is -0.346 e. The largest absolute Gasteiger partial charge is 0.346 e. The number of anilines is 1. The molecule has 0 aromatic carbocycles. The maximum atomic E-state index is 12.1. The van der Waals surface area contributed by atoms with Gasteiger partial charge in [-0.15, -0.1) is 0 Å². The third-order valence-electron chi connectivity index (χ3n) is 2.97. The Morgan fingerprint density at radius 1 is 1.45 bits per heavy atom. The Kier molecular flexibility index (Phi) is 3.60. The van der Waals surface area contributed by atoms with Gasteiger partial charge < -0.3 is 4.57 Å². The van der Waals surface area contributed by atoms with Gasteiger partial charge in [-0.05, 0) is 34.5 Å². The molecule has 0 unspecified atom stereocenters. The summed E-state index contributed by atoms with van der Waals surface area (Å²) in [4.78, 5) is 16.0. The number of thiophene rings is 1. The van der Waals surface area contributed by atoms with Gasteiger partial charge in [0.2, 0.25) is 11.9 Å². The highest BCUT2D eigenvalue weighted by Gasteiger charge is 2.18. The highest BCUT2D eigenvalue weighted by Crippen LogP contribution is 2.24. The van der Waals surface area contributed by atoms with Gasteiger partial charge in [0.15, 0.2) is 0 Å². The summed E-state index contributed by atoms with van der Waals surface area (Å²) in [6.07, 6.45) is 5.62. The molecule has 0 fully saturated rings. The van der Waals surface area contributed by atoms with Crippen LogP contribution < -0.4 is 5.32 Å². The molecule has 1 amide bonds. The Balaban J connectivity index is 1.75. The average Bonchev–Trinajstić information content (AvgIpc) is 3.18. The number of rotatable bonds is 5. The predicted octanol–water partition coefficient (Wildman–Crippen LogP) is 2.29. The molecule has 3 rings (SSSR count). The minimum atomic E-state index is -0.105. The van der Waals surface area contributed by atoms with Crippen molar-refractivity contribution in [2.45, 2.75) is 12.5 Å². The molecule has 0 saturated carbocycles. The summed E-state index contributed by atoms with van der Waals surface area (Å²) in [5.41, 5.74) is 1.12. The lowest BCUT2D eigenvalue weighted by molar-refractivity contribution is -0.116. The fourth-order valence-electron chi connectivity index (χ4n) is 2.04. The number of amides is 1. The van der Waals surface area contributed by atoms with Crippen LogP contribution in [0.5, 0.6) is 0 Å². The summed E-state index contributed by atoms with van der Waals surface area (Å²) in [5.74, 6) is 0.262. The number of aromatic amines is 1. The monoisotopic (exact) mass is 287 g/mol. The number of hydrogen-bond acceptors (Lipinski definition) is 4. The molecular weight excluding hydrogens is 274 g/mol. The standard InChI is InChI=1S/C13H13N5OS/c19-12(16-13-14-9-15-17-13)7-11(10-3-6-20-8-10)18-4-1-2-5-18/h1-6,8-9,11H,7H2,(H2,14,15,16,17,19)/t11-/m0/s1. The summed E-state index contributed by atoms with van der Waals surface area (Å²) in [6, 6.07) is 5.93. The van der Waals surface area contributed by atoms with Gasteiger partial charge in [-0.3, -0.25) is 10.1 Å². The van der Waals surface area contributed by atoms with Crippen LogP contribution >= 0.6 is 11.3 Å². The molecule has 3 aromatic rings. The van der Waals surface area contributed by atoms with Crippen molar-refractivity contribution in [1.29, 1.82) is 0 Å². The summed E-state index contributed by atoms with van der Waals surface area (Å²) < 4.78 is 2.03. The van der Waals surface area contributed by atoms with E-state index in [9.17, 15) is 4.79 Å². The van der Waals surface area contributed by atoms with Crippen molar-refractivity contribution in [3.8, 4) is 0 Å². The molecule has 0 bridgehead atoms. The van der Waals surface area contributed by atoms with E-state index in [1.807, 2.05) is 40.5 Å². The molecule has 2 N–H and O–H groups in total. The zero-order valence-corrected chi connectivity index (χ0v) is 11.4. The van der Waals surface area contributed by atoms with E-state index in [1.165, 1.54) is 6.33 Å². The molecule has 0 aliphatic carbocycles. The van der Waals surface area contributed by atoms with Gasteiger partial charge in [-0.2, -0.15) is 21.4 Å². The molecule has 3 heterocycles. The number of aromatic nitrogens is 4. The molecule has 20 heavy (non-hydrogen) atoms. The summed E-state index contributed by atoms with van der Waals surface area (Å²) in [5, 5.41) is 13.1. The smallest absolute Gasteiger partial charge is 0.229 e. The van der Waals surface area contributed by atoms with Crippen LogP contribution in [-0.4, -0.2) is 25.7 Å². The number of carbonyl (C=O) groups excluding carboxylic acids is 1. The lowest BCUT2D eigenvalue weighted by atomic mass is 10.1. The molecule has 0 saturated heterocycles. The molecule has 0 spiro atoms. The Bertz CT molecular complexity index is 611. The van der Waals surface area contributed by atoms with Crippen molar-refractivity contribution in [3.63, 3.8) is 0 Å². The van der Waals surface area contributed by atoms with Gasteiger partial charge in [-0.1, -0.05) is 0 Å². The van der Waals surface area contributed by atoms with E-state index in [0.717, 1.165) is 5.56 Å². The van der Waals surface area contributed by atoms with Gasteiger partial charge in [-0.25, -0.2) is 5.10 Å². The van der Waals surface area contributed by atoms with Crippen molar-refractivity contribution in [1.82, 2.24) is 19.7 Å². The highest BCUT2D eigenvalue weighted by molar-refractivity contribution is 7.07. The van der Waals surface area contributed by atoms with Crippen LogP contribution in [-0.2, 0) is 4.79 Å². The highest BCUT2D eigenvalue weighted by atomic mass is 32.1. The van der Waals surface area contributed by atoms with Crippen molar-refractivity contribution >= 4 is 23.2 Å². The van der Waals surface area contributed by atoms with Crippen molar-refractivity contribution in [2.75, 3.05) is 5.32 Å². The summed E-state index contributed by atoms with van der Waals surface area (Å²) in [6.45, 7) is 0. The van der Waals surface area contributed by atoms with Crippen LogP contribution in [0.15, 0.2) is 47.7 Å². The fraction of sp³-hybridized carbons (Fsp3) is 0.154. The number of hydrogen-bond donors (Lipinski definition) is 2. The van der Waals surface area contributed by atoms with Gasteiger partial charge in [0.05, 0.1) is 12.5 Å². The molecule has 7 heteroatoms. The second kappa shape index (κ2) is 5.70. The SMILES string of the molecule is O=C(C[C@@H](c1ccsc1)n1cccc1)Nc1ncn[nH]1. The van der Waals surface area contributed by atoms with Gasteiger partial charge in [0, 0.05) is 12.4 Å². The fourth-order valence-corrected chi connectivity index (χ4v) is 2.75. The quantitative estimate of drug-likeness (QED) is 0.756. The Morgan fingerprint density at radius 3 is 2.95 bits per heavy atom. The Labute approximate surface area is 119 Å². The van der Waals surface area contributed by atoms with Gasteiger partial charge >= 0.3 is 0 Å². The van der Waals surface area contributed by atoms with Gasteiger partial charge in [0.25, 0.3) is 0 Å². The third kappa shape index (κ3) is 2.77. The number of carbonyl (C=O) groups is 1. The number of nitrogens with zero attached hydrogens (tertiary/aromatic N) is 3. The molecule has 3 aromatic heterocycles. The van der Waals surface area contributed by atoms with E-state index in [2.05, 4.69) is 25.9 Å². The van der Waals surface area contributed by atoms with E-state index in [0.29, 0.717) is 12.4 Å². The molecule has 0 aliphatic rings. The van der Waals surface area contributed by atoms with Crippen LogP contribution in [0.2, 0.25) is 0 Å². The van der Waals surface area contributed by atoms with Crippen LogP contribution in [0.4, 0.5) is 5.95 Å².